The summed E-state index contributed by atoms with van der Waals surface area (Å²) >= 11 is 0. The maximum absolute atomic E-state index is 13.0. The Bertz CT molecular complexity index is 592. The number of fused-ring (bicyclic) bond motifs is 2. The van der Waals surface area contributed by atoms with E-state index < -0.39 is 4.92 Å². The maximum Gasteiger partial charge on any atom is 0.269 e. The van der Waals surface area contributed by atoms with Crippen molar-refractivity contribution in [2.24, 2.45) is 23.2 Å². The third-order valence-corrected chi connectivity index (χ3v) is 5.45. The highest BCUT2D eigenvalue weighted by Gasteiger charge is 2.48. The van der Waals surface area contributed by atoms with Crippen LogP contribution in [0.3, 0.4) is 0 Å². The van der Waals surface area contributed by atoms with E-state index in [4.69, 9.17) is 0 Å². The van der Waals surface area contributed by atoms with Crippen molar-refractivity contribution in [1.29, 1.82) is 0 Å². The molecule has 0 spiro atoms. The van der Waals surface area contributed by atoms with Crippen molar-refractivity contribution in [1.82, 2.24) is 0 Å². The summed E-state index contributed by atoms with van der Waals surface area (Å²) < 4.78 is 0. The first kappa shape index (κ1) is 16.0. The van der Waals surface area contributed by atoms with Gasteiger partial charge < -0.3 is 5.32 Å². The van der Waals surface area contributed by atoms with Gasteiger partial charge in [0.1, 0.15) is 0 Å². The normalized spacial score (nSPS) is 33.0. The number of rotatable bonds is 3. The Hall–Kier alpha value is -1.91. The molecule has 0 saturated heterocycles. The van der Waals surface area contributed by atoms with Crippen LogP contribution in [0, 0.1) is 33.3 Å². The summed E-state index contributed by atoms with van der Waals surface area (Å²) in [6, 6.07) is 6.09. The Balaban J connectivity index is 1.77. The van der Waals surface area contributed by atoms with Crippen LogP contribution >= 0.6 is 0 Å². The van der Waals surface area contributed by atoms with Crippen LogP contribution in [0.25, 0.3) is 0 Å². The number of amides is 1. The first-order chi connectivity index (χ1) is 10.9. The molecule has 1 aromatic rings. The van der Waals surface area contributed by atoms with E-state index >= 15 is 0 Å². The van der Waals surface area contributed by atoms with E-state index in [0.29, 0.717) is 23.4 Å². The molecule has 0 radical (unpaired) electrons. The fraction of sp³-hybridized carbons (Fsp3) is 0.611. The lowest BCUT2D eigenvalue weighted by Crippen LogP contribution is -2.47. The standard InChI is InChI=1S/C18H24N2O3/c1-12-7-14-8-13(2)10-18(9-12,11-14)17(21)19-15-3-5-16(6-4-15)20(22)23/h3-6,12-14H,7-11H2,1-2H3,(H,19,21). The molecule has 2 unspecified atom stereocenters. The fourth-order valence-electron chi connectivity index (χ4n) is 4.91. The number of benzene rings is 1. The van der Waals surface area contributed by atoms with E-state index in [1.807, 2.05) is 0 Å². The van der Waals surface area contributed by atoms with Gasteiger partial charge in [-0.1, -0.05) is 13.8 Å². The highest BCUT2D eigenvalue weighted by atomic mass is 16.6. The molecular weight excluding hydrogens is 292 g/mol. The van der Waals surface area contributed by atoms with Gasteiger partial charge in [-0.2, -0.15) is 0 Å². The Morgan fingerprint density at radius 1 is 1.13 bits per heavy atom. The van der Waals surface area contributed by atoms with E-state index in [1.165, 1.54) is 25.0 Å². The van der Waals surface area contributed by atoms with Gasteiger partial charge >= 0.3 is 0 Å². The van der Waals surface area contributed by atoms with Gasteiger partial charge in [0, 0.05) is 17.8 Å². The number of carbonyl (C=O) groups is 1. The zero-order valence-corrected chi connectivity index (χ0v) is 13.7. The molecule has 2 aliphatic rings. The summed E-state index contributed by atoms with van der Waals surface area (Å²) in [4.78, 5) is 23.2. The van der Waals surface area contributed by atoms with Gasteiger partial charge in [0.05, 0.1) is 10.3 Å². The SMILES string of the molecule is CC1CC2CC(C)CC(C(=O)Nc3ccc([N+](=O)[O-])cc3)(C1)C2. The van der Waals surface area contributed by atoms with E-state index in [0.717, 1.165) is 19.3 Å². The smallest absolute Gasteiger partial charge is 0.269 e. The third kappa shape index (κ3) is 3.23. The van der Waals surface area contributed by atoms with Crippen LogP contribution in [0.1, 0.15) is 46.0 Å². The van der Waals surface area contributed by atoms with Gasteiger partial charge in [-0.25, -0.2) is 0 Å². The lowest BCUT2D eigenvalue weighted by molar-refractivity contribution is -0.384. The predicted octanol–water partition coefficient (Wildman–Crippen LogP) is 4.39. The number of hydrogen-bond acceptors (Lipinski definition) is 3. The third-order valence-electron chi connectivity index (χ3n) is 5.45. The average Bonchev–Trinajstić information content (AvgIpc) is 2.46. The molecule has 5 nitrogen and oxygen atoms in total. The largest absolute Gasteiger partial charge is 0.326 e. The molecule has 3 rings (SSSR count). The number of carbonyl (C=O) groups excluding carboxylic acids is 1. The zero-order valence-electron chi connectivity index (χ0n) is 13.7. The summed E-state index contributed by atoms with van der Waals surface area (Å²) in [5, 5.41) is 13.7. The monoisotopic (exact) mass is 316 g/mol. The van der Waals surface area contributed by atoms with Gasteiger partial charge in [-0.05, 0) is 62.0 Å². The van der Waals surface area contributed by atoms with Crippen LogP contribution in [0.2, 0.25) is 0 Å². The van der Waals surface area contributed by atoms with Gasteiger partial charge in [0.15, 0.2) is 0 Å². The summed E-state index contributed by atoms with van der Waals surface area (Å²) in [7, 11) is 0. The molecule has 1 aromatic carbocycles. The van der Waals surface area contributed by atoms with Crippen molar-refractivity contribution in [3.05, 3.63) is 34.4 Å². The highest BCUT2D eigenvalue weighted by Crippen LogP contribution is 2.53. The lowest BCUT2D eigenvalue weighted by atomic mass is 9.56. The molecule has 124 valence electrons. The summed E-state index contributed by atoms with van der Waals surface area (Å²) in [5.41, 5.74) is 0.420. The van der Waals surface area contributed by atoms with E-state index in [-0.39, 0.29) is 17.0 Å². The van der Waals surface area contributed by atoms with Crippen LogP contribution < -0.4 is 5.32 Å². The Kier molecular flexibility index (Phi) is 4.13. The average molecular weight is 316 g/mol. The quantitative estimate of drug-likeness (QED) is 0.664. The number of anilines is 1. The first-order valence-electron chi connectivity index (χ1n) is 8.44. The molecule has 23 heavy (non-hydrogen) atoms. The van der Waals surface area contributed by atoms with Crippen molar-refractivity contribution in [3.63, 3.8) is 0 Å². The van der Waals surface area contributed by atoms with E-state index in [9.17, 15) is 14.9 Å². The van der Waals surface area contributed by atoms with E-state index in [1.54, 1.807) is 12.1 Å². The van der Waals surface area contributed by atoms with Crippen molar-refractivity contribution < 1.29 is 9.72 Å². The maximum atomic E-state index is 13.0. The highest BCUT2D eigenvalue weighted by molar-refractivity contribution is 5.95. The first-order valence-corrected chi connectivity index (χ1v) is 8.44. The van der Waals surface area contributed by atoms with Gasteiger partial charge in [-0.3, -0.25) is 14.9 Å². The molecule has 2 saturated carbocycles. The minimum Gasteiger partial charge on any atom is -0.326 e. The molecule has 0 aromatic heterocycles. The van der Waals surface area contributed by atoms with Crippen LogP contribution in [0.15, 0.2) is 24.3 Å². The number of nitrogens with one attached hydrogen (secondary N) is 1. The second-order valence-corrected chi connectivity index (χ2v) is 7.70. The minimum atomic E-state index is -0.430. The van der Waals surface area contributed by atoms with Gasteiger partial charge in [0.25, 0.3) is 5.69 Å². The molecular formula is C18H24N2O3. The van der Waals surface area contributed by atoms with Crippen molar-refractivity contribution >= 4 is 17.3 Å². The van der Waals surface area contributed by atoms with E-state index in [2.05, 4.69) is 19.2 Å². The fourth-order valence-corrected chi connectivity index (χ4v) is 4.91. The van der Waals surface area contributed by atoms with Gasteiger partial charge in [-0.15, -0.1) is 0 Å². The molecule has 0 heterocycles. The molecule has 2 bridgehead atoms. The summed E-state index contributed by atoms with van der Waals surface area (Å²) in [6.07, 6.45) is 5.35. The minimum absolute atomic E-state index is 0.0406. The van der Waals surface area contributed by atoms with Crippen LogP contribution in [0.5, 0.6) is 0 Å². The Morgan fingerprint density at radius 3 is 2.22 bits per heavy atom. The summed E-state index contributed by atoms with van der Waals surface area (Å²) in [6.45, 7) is 4.49. The zero-order chi connectivity index (χ0) is 16.6. The molecule has 2 atom stereocenters. The molecule has 2 aliphatic carbocycles. The summed E-state index contributed by atoms with van der Waals surface area (Å²) in [5.74, 6) is 1.92. The molecule has 1 amide bonds. The number of non-ortho nitro benzene ring substituents is 1. The van der Waals surface area contributed by atoms with Gasteiger partial charge in [0.2, 0.25) is 5.91 Å². The van der Waals surface area contributed by atoms with Crippen LogP contribution in [0.4, 0.5) is 11.4 Å². The molecule has 0 aliphatic heterocycles. The molecule has 5 heteroatoms. The second-order valence-electron chi connectivity index (χ2n) is 7.70. The second kappa shape index (κ2) is 5.95. The lowest BCUT2D eigenvalue weighted by Gasteiger charge is -2.48. The predicted molar refractivity (Wildman–Crippen MR) is 89.1 cm³/mol. The number of nitro benzene ring substituents is 1. The van der Waals surface area contributed by atoms with Crippen molar-refractivity contribution in [2.75, 3.05) is 5.32 Å². The van der Waals surface area contributed by atoms with Crippen molar-refractivity contribution in [2.45, 2.75) is 46.0 Å². The Morgan fingerprint density at radius 2 is 1.70 bits per heavy atom. The molecule has 2 fully saturated rings. The topological polar surface area (TPSA) is 72.2 Å². The number of nitro groups is 1. The Labute approximate surface area is 136 Å². The number of hydrogen-bond donors (Lipinski definition) is 1. The van der Waals surface area contributed by atoms with Crippen LogP contribution in [-0.2, 0) is 4.79 Å². The van der Waals surface area contributed by atoms with Crippen LogP contribution in [-0.4, -0.2) is 10.8 Å². The van der Waals surface area contributed by atoms with Crippen molar-refractivity contribution in [3.8, 4) is 0 Å². The molecule has 1 N–H and O–H groups in total. The number of nitrogens with zero attached hydrogens (tertiary/aromatic N) is 1.